The van der Waals surface area contributed by atoms with Crippen molar-refractivity contribution in [3.63, 3.8) is 0 Å². The topological polar surface area (TPSA) is 20.3 Å². The van der Waals surface area contributed by atoms with E-state index >= 15 is 0 Å². The number of carbonyl (C=O) groups is 1. The van der Waals surface area contributed by atoms with Crippen molar-refractivity contribution in [3.05, 3.63) is 47.3 Å². The number of hydrogen-bond donors (Lipinski definition) is 0. The first kappa shape index (κ1) is 17.9. The van der Waals surface area contributed by atoms with Gasteiger partial charge in [-0.3, -0.25) is 4.79 Å². The van der Waals surface area contributed by atoms with Crippen LogP contribution in [0.4, 0.5) is 4.39 Å². The van der Waals surface area contributed by atoms with Crippen LogP contribution < -0.4 is 0 Å². The second kappa shape index (κ2) is 7.39. The smallest absolute Gasteiger partial charge is 0.150 e. The normalized spacial score (nSPS) is 24.9. The van der Waals surface area contributed by atoms with E-state index in [1.165, 1.54) is 24.5 Å². The number of nitrogens with zero attached hydrogens (tertiary/aromatic N) is 1. The van der Waals surface area contributed by atoms with Crippen LogP contribution in [0, 0.1) is 17.2 Å². The van der Waals surface area contributed by atoms with E-state index < -0.39 is 0 Å². The minimum atomic E-state index is -0.300. The van der Waals surface area contributed by atoms with E-state index in [2.05, 4.69) is 25.3 Å². The summed E-state index contributed by atoms with van der Waals surface area (Å²) in [5, 5.41) is 0. The molecule has 2 atom stereocenters. The number of rotatable bonds is 6. The molecule has 1 aliphatic carbocycles. The molecule has 2 nitrogen and oxygen atoms in total. The SMILES string of the molecule is C=C1CC(CC)CC(C)(CN(C)Cc2ccc(C=O)cc2F)C1. The third-order valence-corrected chi connectivity index (χ3v) is 4.92. The Balaban J connectivity index is 2.02. The fourth-order valence-electron chi connectivity index (χ4n) is 4.10. The summed E-state index contributed by atoms with van der Waals surface area (Å²) >= 11 is 0. The highest BCUT2D eigenvalue weighted by Crippen LogP contribution is 2.43. The molecule has 0 amide bonds. The molecule has 1 saturated carbocycles. The molecule has 0 spiro atoms. The molecule has 2 rings (SSSR count). The first-order chi connectivity index (χ1) is 10.8. The maximum atomic E-state index is 14.1. The zero-order chi connectivity index (χ0) is 17.0. The molecule has 23 heavy (non-hydrogen) atoms. The van der Waals surface area contributed by atoms with E-state index in [-0.39, 0.29) is 11.2 Å². The summed E-state index contributed by atoms with van der Waals surface area (Å²) in [6.07, 6.45) is 5.29. The number of hydrogen-bond acceptors (Lipinski definition) is 2. The summed E-state index contributed by atoms with van der Waals surface area (Å²) < 4.78 is 14.1. The van der Waals surface area contributed by atoms with Crippen molar-refractivity contribution in [3.8, 4) is 0 Å². The van der Waals surface area contributed by atoms with Gasteiger partial charge in [0.2, 0.25) is 0 Å². The van der Waals surface area contributed by atoms with Crippen molar-refractivity contribution in [1.82, 2.24) is 4.90 Å². The number of carbonyl (C=O) groups excluding carboxylic acids is 1. The third-order valence-electron chi connectivity index (χ3n) is 4.92. The van der Waals surface area contributed by atoms with Gasteiger partial charge in [-0.05, 0) is 43.7 Å². The fraction of sp³-hybridized carbons (Fsp3) is 0.550. The summed E-state index contributed by atoms with van der Waals surface area (Å²) in [4.78, 5) is 12.9. The summed E-state index contributed by atoms with van der Waals surface area (Å²) in [6, 6.07) is 4.70. The molecule has 0 aliphatic heterocycles. The number of benzene rings is 1. The maximum absolute atomic E-state index is 14.1. The Labute approximate surface area is 139 Å². The van der Waals surface area contributed by atoms with Crippen LogP contribution in [0.5, 0.6) is 0 Å². The molecular weight excluding hydrogens is 289 g/mol. The largest absolute Gasteiger partial charge is 0.301 e. The van der Waals surface area contributed by atoms with Crippen molar-refractivity contribution < 1.29 is 9.18 Å². The van der Waals surface area contributed by atoms with E-state index in [4.69, 9.17) is 0 Å². The van der Waals surface area contributed by atoms with Crippen molar-refractivity contribution in [2.45, 2.75) is 46.1 Å². The van der Waals surface area contributed by atoms with Crippen molar-refractivity contribution >= 4 is 6.29 Å². The van der Waals surface area contributed by atoms with Crippen LogP contribution in [0.25, 0.3) is 0 Å². The van der Waals surface area contributed by atoms with Crippen molar-refractivity contribution in [2.75, 3.05) is 13.6 Å². The van der Waals surface area contributed by atoms with Crippen LogP contribution in [0.15, 0.2) is 30.4 Å². The fourth-order valence-corrected chi connectivity index (χ4v) is 4.10. The molecule has 0 saturated heterocycles. The van der Waals surface area contributed by atoms with Crippen LogP contribution in [0.2, 0.25) is 0 Å². The highest BCUT2D eigenvalue weighted by atomic mass is 19.1. The van der Waals surface area contributed by atoms with Crippen LogP contribution >= 0.6 is 0 Å². The van der Waals surface area contributed by atoms with E-state index in [0.717, 1.165) is 25.3 Å². The Morgan fingerprint density at radius 1 is 1.48 bits per heavy atom. The van der Waals surface area contributed by atoms with Crippen LogP contribution in [-0.2, 0) is 6.54 Å². The molecule has 1 fully saturated rings. The number of aldehydes is 1. The highest BCUT2D eigenvalue weighted by molar-refractivity contribution is 5.74. The first-order valence-electron chi connectivity index (χ1n) is 8.44. The average molecular weight is 317 g/mol. The van der Waals surface area contributed by atoms with Crippen LogP contribution in [-0.4, -0.2) is 24.8 Å². The van der Waals surface area contributed by atoms with Gasteiger partial charge in [-0.15, -0.1) is 0 Å². The van der Waals surface area contributed by atoms with Crippen LogP contribution in [0.3, 0.4) is 0 Å². The number of allylic oxidation sites excluding steroid dienone is 1. The van der Waals surface area contributed by atoms with E-state index in [0.29, 0.717) is 24.0 Å². The molecule has 1 aromatic carbocycles. The summed E-state index contributed by atoms with van der Waals surface area (Å²) in [5.41, 5.74) is 2.59. The molecule has 3 heteroatoms. The molecule has 0 N–H and O–H groups in total. The molecule has 2 unspecified atom stereocenters. The summed E-state index contributed by atoms with van der Waals surface area (Å²) in [6.45, 7) is 10.3. The van der Waals surface area contributed by atoms with Gasteiger partial charge in [0.1, 0.15) is 12.1 Å². The Morgan fingerprint density at radius 2 is 2.22 bits per heavy atom. The lowest BCUT2D eigenvalue weighted by Crippen LogP contribution is -2.37. The molecule has 1 aliphatic rings. The maximum Gasteiger partial charge on any atom is 0.150 e. The lowest BCUT2D eigenvalue weighted by Gasteiger charge is -2.41. The lowest BCUT2D eigenvalue weighted by atomic mass is 9.68. The van der Waals surface area contributed by atoms with Gasteiger partial charge >= 0.3 is 0 Å². The molecule has 1 aromatic rings. The Kier molecular flexibility index (Phi) is 5.74. The van der Waals surface area contributed by atoms with Crippen molar-refractivity contribution in [2.24, 2.45) is 11.3 Å². The van der Waals surface area contributed by atoms with Gasteiger partial charge in [0.05, 0.1) is 0 Å². The average Bonchev–Trinajstić information content (AvgIpc) is 2.47. The zero-order valence-corrected chi connectivity index (χ0v) is 14.6. The Bertz CT molecular complexity index is 583. The molecule has 0 bridgehead atoms. The van der Waals surface area contributed by atoms with E-state index in [9.17, 15) is 9.18 Å². The second-order valence-electron chi connectivity index (χ2n) is 7.56. The van der Waals surface area contributed by atoms with Gasteiger partial charge in [0, 0.05) is 24.2 Å². The highest BCUT2D eigenvalue weighted by Gasteiger charge is 2.34. The second-order valence-corrected chi connectivity index (χ2v) is 7.56. The molecule has 126 valence electrons. The minimum Gasteiger partial charge on any atom is -0.301 e. The van der Waals surface area contributed by atoms with Gasteiger partial charge in [-0.2, -0.15) is 0 Å². The minimum absolute atomic E-state index is 0.212. The predicted molar refractivity (Wildman–Crippen MR) is 93.0 cm³/mol. The molecular formula is C20H28FNO. The Hall–Kier alpha value is -1.48. The predicted octanol–water partition coefficient (Wildman–Crippen LogP) is 4.84. The van der Waals surface area contributed by atoms with Gasteiger partial charge in [0.15, 0.2) is 0 Å². The van der Waals surface area contributed by atoms with Crippen molar-refractivity contribution in [1.29, 1.82) is 0 Å². The molecule has 0 heterocycles. The number of halogens is 1. The zero-order valence-electron chi connectivity index (χ0n) is 14.6. The molecule has 0 aromatic heterocycles. The first-order valence-corrected chi connectivity index (χ1v) is 8.44. The van der Waals surface area contributed by atoms with Crippen LogP contribution in [0.1, 0.15) is 55.5 Å². The van der Waals surface area contributed by atoms with Gasteiger partial charge in [-0.25, -0.2) is 4.39 Å². The van der Waals surface area contributed by atoms with Gasteiger partial charge in [0.25, 0.3) is 0 Å². The summed E-state index contributed by atoms with van der Waals surface area (Å²) in [7, 11) is 2.04. The lowest BCUT2D eigenvalue weighted by molar-refractivity contribution is 0.112. The standard InChI is InChI=1S/C20H28FNO/c1-5-16-8-15(2)10-20(3,11-16)14-22(4)12-18-7-6-17(13-23)9-19(18)21/h6-7,9,13,16H,2,5,8,10-12,14H2,1,3-4H3. The van der Waals surface area contributed by atoms with Gasteiger partial charge in [-0.1, -0.05) is 44.6 Å². The molecule has 0 radical (unpaired) electrons. The summed E-state index contributed by atoms with van der Waals surface area (Å²) in [5.74, 6) is 0.421. The quantitative estimate of drug-likeness (QED) is 0.552. The Morgan fingerprint density at radius 3 is 2.83 bits per heavy atom. The van der Waals surface area contributed by atoms with E-state index in [1.807, 2.05) is 7.05 Å². The van der Waals surface area contributed by atoms with E-state index in [1.54, 1.807) is 12.1 Å². The van der Waals surface area contributed by atoms with Gasteiger partial charge < -0.3 is 4.90 Å². The third kappa shape index (κ3) is 4.74. The monoisotopic (exact) mass is 317 g/mol.